The molecule has 0 fully saturated rings. The Hall–Kier alpha value is -5.76. The molecule has 0 N–H and O–H groups in total. The lowest BCUT2D eigenvalue weighted by Crippen LogP contribution is -2.10. The minimum absolute atomic E-state index is 0.319. The lowest BCUT2D eigenvalue weighted by Gasteiger charge is -2.14. The van der Waals surface area contributed by atoms with Gasteiger partial charge < -0.3 is 37.9 Å². The molecule has 4 aromatic carbocycles. The average Bonchev–Trinajstić information content (AvgIpc) is 3.12. The van der Waals surface area contributed by atoms with E-state index in [1.165, 1.54) is 0 Å². The zero-order valence-electron chi connectivity index (χ0n) is 27.0. The minimum atomic E-state index is 0.319. The summed E-state index contributed by atoms with van der Waals surface area (Å²) in [6, 6.07) is 29.5. The molecule has 7 aliphatic rings. The Labute approximate surface area is 282 Å². The molecule has 0 unspecified atom stereocenters. The number of rotatable bonds is 0. The van der Waals surface area contributed by atoms with Gasteiger partial charge in [-0.3, -0.25) is 0 Å². The molecule has 7 heterocycles. The summed E-state index contributed by atoms with van der Waals surface area (Å²) in [7, 11) is 0. The van der Waals surface area contributed by atoms with Crippen LogP contribution in [0.2, 0.25) is 0 Å². The largest absolute Gasteiger partial charge is 0.489 e. The first-order valence-electron chi connectivity index (χ1n) is 15.5. The van der Waals surface area contributed by atoms with Crippen molar-refractivity contribution < 1.29 is 37.9 Å². The van der Waals surface area contributed by atoms with Crippen LogP contribution in [-0.2, 0) is 0 Å². The SMILES string of the molecule is C=C1COc2ccc(cc2)OCC(=C)COc2ccc(cc2)OCC(=C)COc2ccc(cc2)OCC(=C)COc2ccc(cc2)OC1. The Morgan fingerprint density at radius 3 is 0.438 bits per heavy atom. The smallest absolute Gasteiger partial charge is 0.120 e. The summed E-state index contributed by atoms with van der Waals surface area (Å²) in [5.74, 6) is 5.60. The van der Waals surface area contributed by atoms with Crippen LogP contribution in [0.4, 0.5) is 0 Å². The standard InChI is InChI=1S/C40H40O8/c1-29-21-41-33-5-9-35(10-6-33)43-23-30(2)25-45-37-13-17-39(18-14-37)47-27-32(4)28-48-40-19-15-38(16-20-40)46-26-31(3)24-44-36-11-7-34(8-12-36)42-22-29/h5-20H,1-4,21-28H2. The maximum absolute atomic E-state index is 5.86. The van der Waals surface area contributed by atoms with Crippen LogP contribution in [0.5, 0.6) is 46.0 Å². The van der Waals surface area contributed by atoms with E-state index in [4.69, 9.17) is 37.9 Å². The second-order valence-electron chi connectivity index (χ2n) is 11.2. The molecular weight excluding hydrogens is 608 g/mol. The molecule has 48 heavy (non-hydrogen) atoms. The monoisotopic (exact) mass is 648 g/mol. The fourth-order valence-corrected chi connectivity index (χ4v) is 4.18. The Balaban J connectivity index is 1.16. The van der Waals surface area contributed by atoms with Crippen molar-refractivity contribution in [2.45, 2.75) is 0 Å². The van der Waals surface area contributed by atoms with Gasteiger partial charge in [-0.25, -0.2) is 0 Å². The topological polar surface area (TPSA) is 73.8 Å². The average molecular weight is 649 g/mol. The van der Waals surface area contributed by atoms with Gasteiger partial charge in [-0.1, -0.05) is 26.3 Å². The van der Waals surface area contributed by atoms with E-state index in [-0.39, 0.29) is 0 Å². The number of hydrogen-bond acceptors (Lipinski definition) is 8. The quantitative estimate of drug-likeness (QED) is 0.177. The summed E-state index contributed by atoms with van der Waals surface area (Å²) in [4.78, 5) is 0. The van der Waals surface area contributed by atoms with E-state index in [1.54, 1.807) is 0 Å². The van der Waals surface area contributed by atoms with Gasteiger partial charge in [-0.2, -0.15) is 0 Å². The van der Waals surface area contributed by atoms with Crippen LogP contribution < -0.4 is 37.9 Å². The van der Waals surface area contributed by atoms with Crippen LogP contribution in [0, 0.1) is 0 Å². The molecule has 4 aromatic rings. The molecule has 0 aliphatic carbocycles. The molecular formula is C40H40O8. The third-order valence-corrected chi connectivity index (χ3v) is 6.84. The van der Waals surface area contributed by atoms with Crippen LogP contribution in [-0.4, -0.2) is 52.9 Å². The Morgan fingerprint density at radius 2 is 0.333 bits per heavy atom. The first-order chi connectivity index (χ1) is 23.4. The van der Waals surface area contributed by atoms with Crippen molar-refractivity contribution in [1.82, 2.24) is 0 Å². The number of benzene rings is 4. The lowest BCUT2D eigenvalue weighted by molar-refractivity contribution is 0.293. The van der Waals surface area contributed by atoms with Crippen LogP contribution in [0.3, 0.4) is 0 Å². The van der Waals surface area contributed by atoms with Crippen LogP contribution >= 0.6 is 0 Å². The van der Waals surface area contributed by atoms with E-state index >= 15 is 0 Å². The highest BCUT2D eigenvalue weighted by atomic mass is 16.5. The summed E-state index contributed by atoms with van der Waals surface area (Å²) in [5, 5.41) is 0. The molecule has 0 aromatic heterocycles. The second-order valence-corrected chi connectivity index (χ2v) is 11.2. The van der Waals surface area contributed by atoms with Crippen molar-refractivity contribution in [3.05, 3.63) is 146 Å². The number of ether oxygens (including phenoxy) is 8. The highest BCUT2D eigenvalue weighted by molar-refractivity contribution is 5.35. The molecule has 7 aliphatic heterocycles. The lowest BCUT2D eigenvalue weighted by atomic mass is 10.3. The zero-order chi connectivity index (χ0) is 33.6. The maximum Gasteiger partial charge on any atom is 0.120 e. The van der Waals surface area contributed by atoms with Crippen molar-refractivity contribution in [3.63, 3.8) is 0 Å². The van der Waals surface area contributed by atoms with E-state index < -0.39 is 0 Å². The predicted octanol–water partition coefficient (Wildman–Crippen LogP) is 8.06. The Kier molecular flexibility index (Phi) is 12.1. The zero-order valence-corrected chi connectivity index (χ0v) is 27.0. The van der Waals surface area contributed by atoms with Gasteiger partial charge in [0, 0.05) is 0 Å². The molecule has 0 atom stereocenters. The van der Waals surface area contributed by atoms with Gasteiger partial charge in [0.15, 0.2) is 0 Å². The molecule has 8 bridgehead atoms. The maximum atomic E-state index is 5.86. The van der Waals surface area contributed by atoms with E-state index in [0.29, 0.717) is 98.9 Å². The van der Waals surface area contributed by atoms with E-state index in [0.717, 1.165) is 22.3 Å². The fraction of sp³-hybridized carbons (Fsp3) is 0.200. The van der Waals surface area contributed by atoms with Gasteiger partial charge in [0.25, 0.3) is 0 Å². The summed E-state index contributed by atoms with van der Waals surface area (Å²) >= 11 is 0. The minimum Gasteiger partial charge on any atom is -0.489 e. The highest BCUT2D eigenvalue weighted by Gasteiger charge is 2.06. The Bertz CT molecular complexity index is 1290. The van der Waals surface area contributed by atoms with E-state index in [1.807, 2.05) is 97.1 Å². The molecule has 0 saturated heterocycles. The van der Waals surface area contributed by atoms with Crippen molar-refractivity contribution in [3.8, 4) is 46.0 Å². The summed E-state index contributed by atoms with van der Waals surface area (Å²) in [5.41, 5.74) is 3.17. The molecule has 0 saturated carbocycles. The van der Waals surface area contributed by atoms with Crippen LogP contribution in [0.1, 0.15) is 0 Å². The van der Waals surface area contributed by atoms with Crippen molar-refractivity contribution in [1.29, 1.82) is 0 Å². The second kappa shape index (κ2) is 17.2. The van der Waals surface area contributed by atoms with Gasteiger partial charge in [-0.05, 0) is 119 Å². The first kappa shape index (κ1) is 33.6. The molecule has 8 heteroatoms. The molecule has 0 spiro atoms. The van der Waals surface area contributed by atoms with Crippen LogP contribution in [0.25, 0.3) is 0 Å². The normalized spacial score (nSPS) is 15.5. The van der Waals surface area contributed by atoms with Crippen LogP contribution in [0.15, 0.2) is 146 Å². The fourth-order valence-electron chi connectivity index (χ4n) is 4.18. The number of hydrogen-bond donors (Lipinski definition) is 0. The summed E-state index contributed by atoms with van der Waals surface area (Å²) < 4.78 is 46.9. The van der Waals surface area contributed by atoms with E-state index in [9.17, 15) is 0 Å². The van der Waals surface area contributed by atoms with Gasteiger partial charge in [0.2, 0.25) is 0 Å². The van der Waals surface area contributed by atoms with Gasteiger partial charge in [-0.15, -0.1) is 0 Å². The van der Waals surface area contributed by atoms with Gasteiger partial charge in [0.1, 0.15) is 98.9 Å². The van der Waals surface area contributed by atoms with E-state index in [2.05, 4.69) is 26.3 Å². The third-order valence-electron chi connectivity index (χ3n) is 6.84. The highest BCUT2D eigenvalue weighted by Crippen LogP contribution is 2.23. The van der Waals surface area contributed by atoms with Crippen molar-refractivity contribution in [2.75, 3.05) is 52.9 Å². The molecule has 0 radical (unpaired) electrons. The van der Waals surface area contributed by atoms with Gasteiger partial charge >= 0.3 is 0 Å². The predicted molar refractivity (Wildman–Crippen MR) is 186 cm³/mol. The summed E-state index contributed by atoms with van der Waals surface area (Å²) in [6.07, 6.45) is 0. The first-order valence-corrected chi connectivity index (χ1v) is 15.5. The molecule has 248 valence electrons. The Morgan fingerprint density at radius 1 is 0.229 bits per heavy atom. The molecule has 11 rings (SSSR count). The molecule has 0 amide bonds. The molecule has 8 nitrogen and oxygen atoms in total. The van der Waals surface area contributed by atoms with Crippen molar-refractivity contribution >= 4 is 0 Å². The summed E-state index contributed by atoms with van der Waals surface area (Å²) in [6.45, 7) is 18.8. The van der Waals surface area contributed by atoms with Gasteiger partial charge in [0.05, 0.1) is 0 Å². The van der Waals surface area contributed by atoms with Crippen molar-refractivity contribution in [2.24, 2.45) is 0 Å². The third kappa shape index (κ3) is 11.2.